The molecular formula is C16H25ClN2O. The highest BCUT2D eigenvalue weighted by Crippen LogP contribution is 2.26. The molecular weight excluding hydrogens is 272 g/mol. The number of halogens is 1. The van der Waals surface area contributed by atoms with Crippen molar-refractivity contribution in [2.24, 2.45) is 5.92 Å². The summed E-state index contributed by atoms with van der Waals surface area (Å²) in [5.74, 6) is 0.770. The largest absolute Gasteiger partial charge is 0.399 e. The molecule has 1 unspecified atom stereocenters. The van der Waals surface area contributed by atoms with Gasteiger partial charge >= 0.3 is 0 Å². The third kappa shape index (κ3) is 5.04. The second-order valence-electron chi connectivity index (χ2n) is 5.67. The number of hydrogen-bond acceptors (Lipinski definition) is 2. The molecule has 1 aliphatic carbocycles. The summed E-state index contributed by atoms with van der Waals surface area (Å²) < 4.78 is 0. The molecule has 0 heterocycles. The number of amides is 1. The minimum atomic E-state index is 0. The van der Waals surface area contributed by atoms with E-state index in [2.05, 4.69) is 12.2 Å². The number of rotatable bonds is 4. The Labute approximate surface area is 127 Å². The lowest BCUT2D eigenvalue weighted by atomic mass is 9.84. The van der Waals surface area contributed by atoms with Crippen LogP contribution in [0.15, 0.2) is 24.3 Å². The normalized spacial score (nSPS) is 17.1. The molecule has 4 heteroatoms. The molecule has 1 amide bonds. The Kier molecular flexibility index (Phi) is 6.86. The summed E-state index contributed by atoms with van der Waals surface area (Å²) in [7, 11) is 0. The zero-order chi connectivity index (χ0) is 13.7. The first kappa shape index (κ1) is 16.8. The average molecular weight is 297 g/mol. The number of hydrogen-bond donors (Lipinski definition) is 2. The Morgan fingerprint density at radius 2 is 1.85 bits per heavy atom. The first-order valence-electron chi connectivity index (χ1n) is 7.29. The van der Waals surface area contributed by atoms with Crippen LogP contribution in [-0.2, 0) is 11.2 Å². The van der Waals surface area contributed by atoms with Crippen molar-refractivity contribution >= 4 is 24.0 Å². The predicted molar refractivity (Wildman–Crippen MR) is 86.0 cm³/mol. The summed E-state index contributed by atoms with van der Waals surface area (Å²) in [6.07, 6.45) is 6.91. The van der Waals surface area contributed by atoms with Crippen molar-refractivity contribution in [2.75, 3.05) is 5.73 Å². The van der Waals surface area contributed by atoms with Crippen molar-refractivity contribution in [1.82, 2.24) is 5.32 Å². The number of anilines is 1. The molecule has 0 radical (unpaired) electrons. The summed E-state index contributed by atoms with van der Waals surface area (Å²) in [6.45, 7) is 2.14. The fourth-order valence-corrected chi connectivity index (χ4v) is 2.88. The second kappa shape index (κ2) is 8.15. The number of carbonyl (C=O) groups excluding carboxylic acids is 1. The molecule has 112 valence electrons. The van der Waals surface area contributed by atoms with Crippen LogP contribution in [0.1, 0.15) is 44.6 Å². The molecule has 3 nitrogen and oxygen atoms in total. The number of nitrogens with one attached hydrogen (secondary N) is 1. The molecule has 0 spiro atoms. The van der Waals surface area contributed by atoms with Crippen LogP contribution in [0.3, 0.4) is 0 Å². The standard InChI is InChI=1S/C16H24N2O.ClH/c1-12(14-5-3-2-4-6-14)18-16(19)11-13-7-9-15(17)10-8-13;/h7-10,12,14H,2-6,11,17H2,1H3,(H,18,19);1H. The zero-order valence-corrected chi connectivity index (χ0v) is 12.9. The van der Waals surface area contributed by atoms with Gasteiger partial charge in [0.1, 0.15) is 0 Å². The predicted octanol–water partition coefficient (Wildman–Crippen LogP) is 3.32. The summed E-state index contributed by atoms with van der Waals surface area (Å²) in [5.41, 5.74) is 7.39. The molecule has 3 N–H and O–H groups in total. The molecule has 1 aliphatic rings. The smallest absolute Gasteiger partial charge is 0.224 e. The molecule has 2 rings (SSSR count). The van der Waals surface area contributed by atoms with Crippen LogP contribution in [-0.4, -0.2) is 11.9 Å². The van der Waals surface area contributed by atoms with Gasteiger partial charge in [0.2, 0.25) is 5.91 Å². The topological polar surface area (TPSA) is 55.1 Å². The third-order valence-electron chi connectivity index (χ3n) is 4.09. The maximum absolute atomic E-state index is 12.0. The van der Waals surface area contributed by atoms with Gasteiger partial charge in [-0.05, 0) is 43.4 Å². The van der Waals surface area contributed by atoms with Gasteiger partial charge < -0.3 is 11.1 Å². The first-order chi connectivity index (χ1) is 9.15. The number of carbonyl (C=O) groups is 1. The molecule has 0 aliphatic heterocycles. The van der Waals surface area contributed by atoms with Gasteiger partial charge in [-0.25, -0.2) is 0 Å². The van der Waals surface area contributed by atoms with E-state index in [1.807, 2.05) is 24.3 Å². The van der Waals surface area contributed by atoms with Crippen LogP contribution in [0.2, 0.25) is 0 Å². The quantitative estimate of drug-likeness (QED) is 0.838. The molecule has 1 saturated carbocycles. The molecule has 20 heavy (non-hydrogen) atoms. The lowest BCUT2D eigenvalue weighted by Crippen LogP contribution is -2.39. The summed E-state index contributed by atoms with van der Waals surface area (Å²) >= 11 is 0. The van der Waals surface area contributed by atoms with Crippen LogP contribution < -0.4 is 11.1 Å². The zero-order valence-electron chi connectivity index (χ0n) is 12.1. The lowest BCUT2D eigenvalue weighted by molar-refractivity contribution is -0.121. The van der Waals surface area contributed by atoms with Crippen molar-refractivity contribution in [3.63, 3.8) is 0 Å². The van der Waals surface area contributed by atoms with Gasteiger partial charge in [0, 0.05) is 11.7 Å². The van der Waals surface area contributed by atoms with Crippen molar-refractivity contribution in [3.05, 3.63) is 29.8 Å². The van der Waals surface area contributed by atoms with Crippen LogP contribution in [0.25, 0.3) is 0 Å². The van der Waals surface area contributed by atoms with Crippen LogP contribution in [0, 0.1) is 5.92 Å². The average Bonchev–Trinajstić information content (AvgIpc) is 2.42. The van der Waals surface area contributed by atoms with E-state index in [0.717, 1.165) is 11.3 Å². The Balaban J connectivity index is 0.00000200. The SMILES string of the molecule is CC(NC(=O)Cc1ccc(N)cc1)C1CCCCC1.Cl. The third-order valence-corrected chi connectivity index (χ3v) is 4.09. The van der Waals surface area contributed by atoms with Crippen molar-refractivity contribution in [1.29, 1.82) is 0 Å². The highest BCUT2D eigenvalue weighted by atomic mass is 35.5. The van der Waals surface area contributed by atoms with Gasteiger partial charge in [-0.15, -0.1) is 12.4 Å². The fraction of sp³-hybridized carbons (Fsp3) is 0.562. The van der Waals surface area contributed by atoms with E-state index in [-0.39, 0.29) is 18.3 Å². The second-order valence-corrected chi connectivity index (χ2v) is 5.67. The summed E-state index contributed by atoms with van der Waals surface area (Å²) in [6, 6.07) is 7.81. The fourth-order valence-electron chi connectivity index (χ4n) is 2.88. The Bertz CT molecular complexity index is 413. The summed E-state index contributed by atoms with van der Waals surface area (Å²) in [5, 5.41) is 3.14. The number of nitrogen functional groups attached to an aromatic ring is 1. The van der Waals surface area contributed by atoms with Crippen molar-refractivity contribution in [2.45, 2.75) is 51.5 Å². The van der Waals surface area contributed by atoms with Gasteiger partial charge in [-0.3, -0.25) is 4.79 Å². The lowest BCUT2D eigenvalue weighted by Gasteiger charge is -2.28. The molecule has 1 aromatic rings. The van der Waals surface area contributed by atoms with Gasteiger partial charge in [0.05, 0.1) is 6.42 Å². The van der Waals surface area contributed by atoms with Gasteiger partial charge in [-0.1, -0.05) is 31.4 Å². The van der Waals surface area contributed by atoms with Crippen LogP contribution >= 0.6 is 12.4 Å². The van der Waals surface area contributed by atoms with E-state index < -0.39 is 0 Å². The molecule has 0 aromatic heterocycles. The summed E-state index contributed by atoms with van der Waals surface area (Å²) in [4.78, 5) is 12.0. The van der Waals surface area contributed by atoms with E-state index in [4.69, 9.17) is 5.73 Å². The molecule has 1 atom stereocenters. The maximum atomic E-state index is 12.0. The van der Waals surface area contributed by atoms with E-state index >= 15 is 0 Å². The first-order valence-corrected chi connectivity index (χ1v) is 7.29. The number of benzene rings is 1. The molecule has 1 fully saturated rings. The van der Waals surface area contributed by atoms with E-state index in [9.17, 15) is 4.79 Å². The molecule has 0 saturated heterocycles. The minimum Gasteiger partial charge on any atom is -0.399 e. The highest BCUT2D eigenvalue weighted by Gasteiger charge is 2.21. The Morgan fingerprint density at radius 1 is 1.25 bits per heavy atom. The van der Waals surface area contributed by atoms with Crippen molar-refractivity contribution < 1.29 is 4.79 Å². The van der Waals surface area contributed by atoms with E-state index in [0.29, 0.717) is 18.4 Å². The Hall–Kier alpha value is -1.22. The monoisotopic (exact) mass is 296 g/mol. The van der Waals surface area contributed by atoms with Gasteiger partial charge in [0.15, 0.2) is 0 Å². The van der Waals surface area contributed by atoms with Gasteiger partial charge in [0.25, 0.3) is 0 Å². The van der Waals surface area contributed by atoms with Crippen molar-refractivity contribution in [3.8, 4) is 0 Å². The highest BCUT2D eigenvalue weighted by molar-refractivity contribution is 5.85. The number of nitrogens with two attached hydrogens (primary N) is 1. The minimum absolute atomic E-state index is 0. The van der Waals surface area contributed by atoms with Crippen LogP contribution in [0.5, 0.6) is 0 Å². The molecule has 1 aromatic carbocycles. The van der Waals surface area contributed by atoms with E-state index in [1.165, 1.54) is 32.1 Å². The van der Waals surface area contributed by atoms with Crippen LogP contribution in [0.4, 0.5) is 5.69 Å². The van der Waals surface area contributed by atoms with Gasteiger partial charge in [-0.2, -0.15) is 0 Å². The Morgan fingerprint density at radius 3 is 2.45 bits per heavy atom. The van der Waals surface area contributed by atoms with E-state index in [1.54, 1.807) is 0 Å². The molecule has 0 bridgehead atoms. The maximum Gasteiger partial charge on any atom is 0.224 e.